The SMILES string of the molecule is CCS(=O)(=O)CCN1CCC2(CCNC2)C1.Cl. The molecule has 2 aliphatic rings. The van der Waals surface area contributed by atoms with E-state index in [2.05, 4.69) is 10.2 Å². The predicted molar refractivity (Wildman–Crippen MR) is 72.6 cm³/mol. The highest BCUT2D eigenvalue weighted by molar-refractivity contribution is 7.91. The third kappa shape index (κ3) is 3.81. The molecule has 0 aromatic rings. The molecule has 0 aromatic carbocycles. The number of likely N-dealkylation sites (tertiary alicyclic amines) is 1. The van der Waals surface area contributed by atoms with Crippen LogP contribution in [0.5, 0.6) is 0 Å². The fourth-order valence-corrected chi connectivity index (χ4v) is 3.60. The van der Waals surface area contributed by atoms with Gasteiger partial charge in [-0.05, 0) is 31.3 Å². The molecule has 1 unspecified atom stereocenters. The zero-order valence-corrected chi connectivity index (χ0v) is 12.1. The van der Waals surface area contributed by atoms with Crippen molar-refractivity contribution in [3.63, 3.8) is 0 Å². The van der Waals surface area contributed by atoms with Gasteiger partial charge in [0.1, 0.15) is 0 Å². The largest absolute Gasteiger partial charge is 0.316 e. The Morgan fingerprint density at radius 2 is 2.12 bits per heavy atom. The van der Waals surface area contributed by atoms with Crippen molar-refractivity contribution in [3.8, 4) is 0 Å². The maximum Gasteiger partial charge on any atom is 0.151 e. The highest BCUT2D eigenvalue weighted by Gasteiger charge is 2.40. The molecular weight excluding hydrogens is 260 g/mol. The number of sulfone groups is 1. The van der Waals surface area contributed by atoms with E-state index in [1.54, 1.807) is 6.92 Å². The number of halogens is 1. The molecule has 0 bridgehead atoms. The van der Waals surface area contributed by atoms with E-state index in [-0.39, 0.29) is 18.2 Å². The van der Waals surface area contributed by atoms with Gasteiger partial charge < -0.3 is 10.2 Å². The molecule has 2 saturated heterocycles. The summed E-state index contributed by atoms with van der Waals surface area (Å²) in [5, 5.41) is 3.41. The topological polar surface area (TPSA) is 49.4 Å². The Kier molecular flexibility index (Phi) is 5.25. The molecule has 1 spiro atoms. The molecule has 2 rings (SSSR count). The highest BCUT2D eigenvalue weighted by atomic mass is 35.5. The molecule has 0 aliphatic carbocycles. The van der Waals surface area contributed by atoms with Gasteiger partial charge in [-0.3, -0.25) is 0 Å². The minimum absolute atomic E-state index is 0. The molecule has 0 amide bonds. The van der Waals surface area contributed by atoms with Gasteiger partial charge in [0, 0.05) is 25.4 Å². The van der Waals surface area contributed by atoms with Crippen molar-refractivity contribution >= 4 is 22.2 Å². The molecule has 2 aliphatic heterocycles. The molecule has 4 nitrogen and oxygen atoms in total. The van der Waals surface area contributed by atoms with E-state index in [1.165, 1.54) is 12.8 Å². The molecular formula is C11H23ClN2O2S. The van der Waals surface area contributed by atoms with Gasteiger partial charge in [-0.15, -0.1) is 12.4 Å². The summed E-state index contributed by atoms with van der Waals surface area (Å²) in [4.78, 5) is 2.32. The minimum Gasteiger partial charge on any atom is -0.316 e. The summed E-state index contributed by atoms with van der Waals surface area (Å²) in [6, 6.07) is 0. The average Bonchev–Trinajstić information content (AvgIpc) is 2.87. The number of hydrogen-bond donors (Lipinski definition) is 1. The van der Waals surface area contributed by atoms with Gasteiger partial charge in [0.05, 0.1) is 5.75 Å². The van der Waals surface area contributed by atoms with Crippen molar-refractivity contribution in [2.24, 2.45) is 5.41 Å². The van der Waals surface area contributed by atoms with Crippen molar-refractivity contribution in [1.29, 1.82) is 0 Å². The van der Waals surface area contributed by atoms with Crippen molar-refractivity contribution in [2.45, 2.75) is 19.8 Å². The van der Waals surface area contributed by atoms with Crippen LogP contribution in [-0.2, 0) is 9.84 Å². The van der Waals surface area contributed by atoms with Crippen molar-refractivity contribution in [2.75, 3.05) is 44.2 Å². The van der Waals surface area contributed by atoms with Gasteiger partial charge in [-0.2, -0.15) is 0 Å². The summed E-state index contributed by atoms with van der Waals surface area (Å²) >= 11 is 0. The summed E-state index contributed by atoms with van der Waals surface area (Å²) in [5.41, 5.74) is 0.454. The van der Waals surface area contributed by atoms with Crippen molar-refractivity contribution < 1.29 is 8.42 Å². The van der Waals surface area contributed by atoms with E-state index in [4.69, 9.17) is 0 Å². The molecule has 0 saturated carbocycles. The molecule has 2 fully saturated rings. The van der Waals surface area contributed by atoms with E-state index in [0.717, 1.165) is 32.7 Å². The van der Waals surface area contributed by atoms with Crippen LogP contribution in [0.2, 0.25) is 0 Å². The number of rotatable bonds is 4. The van der Waals surface area contributed by atoms with Crippen LogP contribution >= 0.6 is 12.4 Å². The third-order valence-corrected chi connectivity index (χ3v) is 5.69. The second-order valence-corrected chi connectivity index (χ2v) is 7.66. The van der Waals surface area contributed by atoms with Gasteiger partial charge in [0.15, 0.2) is 9.84 Å². The molecule has 1 atom stereocenters. The third-order valence-electron chi connectivity index (χ3n) is 4.01. The molecule has 102 valence electrons. The fraction of sp³-hybridized carbons (Fsp3) is 1.00. The standard InChI is InChI=1S/C11H22N2O2S.ClH/c1-2-16(14,15)8-7-13-6-4-11(10-13)3-5-12-9-11;/h12H,2-10H2,1H3;1H. The monoisotopic (exact) mass is 282 g/mol. The van der Waals surface area contributed by atoms with Crippen LogP contribution in [0.1, 0.15) is 19.8 Å². The first-order valence-electron chi connectivity index (χ1n) is 6.19. The van der Waals surface area contributed by atoms with Crippen LogP contribution in [-0.4, -0.2) is 57.5 Å². The Balaban J connectivity index is 0.00000144. The maximum atomic E-state index is 11.4. The quantitative estimate of drug-likeness (QED) is 0.817. The first kappa shape index (κ1) is 15.2. The van der Waals surface area contributed by atoms with Gasteiger partial charge in [-0.25, -0.2) is 8.42 Å². The van der Waals surface area contributed by atoms with Gasteiger partial charge >= 0.3 is 0 Å². The normalized spacial score (nSPS) is 29.7. The summed E-state index contributed by atoms with van der Waals surface area (Å²) in [6.07, 6.45) is 2.48. The van der Waals surface area contributed by atoms with Crippen LogP contribution in [0.15, 0.2) is 0 Å². The Morgan fingerprint density at radius 1 is 1.35 bits per heavy atom. The van der Waals surface area contributed by atoms with Crippen LogP contribution in [0.3, 0.4) is 0 Å². The summed E-state index contributed by atoms with van der Waals surface area (Å²) < 4.78 is 22.9. The zero-order valence-electron chi connectivity index (χ0n) is 10.4. The number of hydrogen-bond acceptors (Lipinski definition) is 4. The lowest BCUT2D eigenvalue weighted by molar-refractivity contribution is 0.284. The number of nitrogens with one attached hydrogen (secondary N) is 1. The molecule has 2 heterocycles. The Bertz CT molecular complexity index is 339. The van der Waals surface area contributed by atoms with E-state index in [1.807, 2.05) is 0 Å². The lowest BCUT2D eigenvalue weighted by Crippen LogP contribution is -2.32. The van der Waals surface area contributed by atoms with E-state index in [9.17, 15) is 8.42 Å². The molecule has 6 heteroatoms. The van der Waals surface area contributed by atoms with Crippen molar-refractivity contribution in [3.05, 3.63) is 0 Å². The van der Waals surface area contributed by atoms with E-state index >= 15 is 0 Å². The number of nitrogens with zero attached hydrogens (tertiary/aromatic N) is 1. The minimum atomic E-state index is -2.80. The van der Waals surface area contributed by atoms with Crippen molar-refractivity contribution in [1.82, 2.24) is 10.2 Å². The highest BCUT2D eigenvalue weighted by Crippen LogP contribution is 2.35. The van der Waals surface area contributed by atoms with Crippen LogP contribution in [0, 0.1) is 5.41 Å². The van der Waals surface area contributed by atoms with Crippen LogP contribution < -0.4 is 5.32 Å². The smallest absolute Gasteiger partial charge is 0.151 e. The second kappa shape index (κ2) is 5.87. The van der Waals surface area contributed by atoms with E-state index < -0.39 is 9.84 Å². The van der Waals surface area contributed by atoms with Gasteiger partial charge in [-0.1, -0.05) is 6.92 Å². The summed E-state index contributed by atoms with van der Waals surface area (Å²) in [6.45, 7) is 6.84. The van der Waals surface area contributed by atoms with Crippen LogP contribution in [0.25, 0.3) is 0 Å². The van der Waals surface area contributed by atoms with Gasteiger partial charge in [0.2, 0.25) is 0 Å². The maximum absolute atomic E-state index is 11.4. The average molecular weight is 283 g/mol. The van der Waals surface area contributed by atoms with E-state index in [0.29, 0.717) is 11.2 Å². The predicted octanol–water partition coefficient (Wildman–Crippen LogP) is 0.528. The van der Waals surface area contributed by atoms with Gasteiger partial charge in [0.25, 0.3) is 0 Å². The molecule has 0 radical (unpaired) electrons. The zero-order chi connectivity index (χ0) is 11.6. The molecule has 0 aromatic heterocycles. The Morgan fingerprint density at radius 3 is 2.71 bits per heavy atom. The lowest BCUT2D eigenvalue weighted by atomic mass is 9.87. The van der Waals surface area contributed by atoms with Crippen LogP contribution in [0.4, 0.5) is 0 Å². The summed E-state index contributed by atoms with van der Waals surface area (Å²) in [7, 11) is -2.80. The second-order valence-electron chi connectivity index (χ2n) is 5.19. The lowest BCUT2D eigenvalue weighted by Gasteiger charge is -2.22. The fourth-order valence-electron chi connectivity index (χ4n) is 2.77. The first-order chi connectivity index (χ1) is 7.55. The summed E-state index contributed by atoms with van der Waals surface area (Å²) in [5.74, 6) is 0.598. The Labute approximate surface area is 110 Å². The first-order valence-corrected chi connectivity index (χ1v) is 8.01. The molecule has 17 heavy (non-hydrogen) atoms. The molecule has 1 N–H and O–H groups in total. The Hall–Kier alpha value is 0.160.